The minimum absolute atomic E-state index is 0.585. The molecule has 0 radical (unpaired) electrons. The fraction of sp³-hybridized carbons (Fsp3) is 0. The van der Waals surface area contributed by atoms with E-state index in [2.05, 4.69) is 199 Å². The second-order valence-corrected chi connectivity index (χ2v) is 16.0. The number of hydrogen-bond acceptors (Lipinski definition) is 4. The molecule has 0 amide bonds. The molecular weight excluding hydrogens is 757 g/mol. The molecule has 0 aliphatic rings. The Morgan fingerprint density at radius 1 is 0.323 bits per heavy atom. The SMILES string of the molecule is c1ccc(-c2ccc3c(c2)c2cc4ccccc4cc2n3-c2ccc3oc4cccc(-c5nc(-c6ccc7ccccc7c6)nc(-c6ccc7ccccc7c6)n5)c4c3c2)cc1. The Hall–Kier alpha value is -8.41. The third-order valence-electron chi connectivity index (χ3n) is 12.4. The van der Waals surface area contributed by atoms with Crippen LogP contribution in [0, 0.1) is 0 Å². The lowest BCUT2D eigenvalue weighted by atomic mass is 10.0. The second kappa shape index (κ2) is 13.6. The fourth-order valence-electron chi connectivity index (χ4n) is 9.35. The van der Waals surface area contributed by atoms with Crippen molar-refractivity contribution in [1.82, 2.24) is 19.5 Å². The smallest absolute Gasteiger partial charge is 0.164 e. The van der Waals surface area contributed by atoms with Crippen LogP contribution in [-0.2, 0) is 0 Å². The van der Waals surface area contributed by atoms with Gasteiger partial charge in [-0.1, -0.05) is 146 Å². The van der Waals surface area contributed by atoms with Gasteiger partial charge in [0.2, 0.25) is 0 Å². The van der Waals surface area contributed by atoms with Gasteiger partial charge >= 0.3 is 0 Å². The molecule has 0 unspecified atom stereocenters. The standard InChI is InChI=1S/C57H34N4O/c1-2-11-35(12-3-1)42-25-27-50-47(32-42)48-31-40-17-8-9-18-41(40)33-51(48)61(50)45-26-28-52-49(34-45)54-46(19-10-20-53(54)62-52)57-59-55(43-23-21-36-13-4-6-15-38(36)29-43)58-56(60-57)44-24-22-37-14-5-7-16-39(37)30-44/h1-34H. The van der Waals surface area contributed by atoms with Crippen LogP contribution in [0.5, 0.6) is 0 Å². The molecule has 3 aromatic heterocycles. The molecule has 10 aromatic carbocycles. The Balaban J connectivity index is 1.04. The van der Waals surface area contributed by atoms with Gasteiger partial charge in [-0.05, 0) is 104 Å². The maximum Gasteiger partial charge on any atom is 0.164 e. The average molecular weight is 791 g/mol. The van der Waals surface area contributed by atoms with Gasteiger partial charge in [0.25, 0.3) is 0 Å². The zero-order valence-electron chi connectivity index (χ0n) is 33.3. The van der Waals surface area contributed by atoms with Crippen molar-refractivity contribution in [3.05, 3.63) is 206 Å². The Bertz CT molecular complexity index is 3840. The van der Waals surface area contributed by atoms with E-state index in [0.29, 0.717) is 17.5 Å². The van der Waals surface area contributed by atoms with Crippen LogP contribution in [0.25, 0.3) is 127 Å². The normalized spacial score (nSPS) is 11.9. The molecule has 13 rings (SSSR count). The first-order chi connectivity index (χ1) is 30.7. The largest absolute Gasteiger partial charge is 0.456 e. The van der Waals surface area contributed by atoms with Crippen molar-refractivity contribution in [1.29, 1.82) is 0 Å². The van der Waals surface area contributed by atoms with Gasteiger partial charge in [0.05, 0.1) is 11.0 Å². The highest BCUT2D eigenvalue weighted by Crippen LogP contribution is 2.41. The van der Waals surface area contributed by atoms with E-state index < -0.39 is 0 Å². The highest BCUT2D eigenvalue weighted by Gasteiger charge is 2.21. The zero-order valence-corrected chi connectivity index (χ0v) is 33.3. The summed E-state index contributed by atoms with van der Waals surface area (Å²) in [6, 6.07) is 73.0. The molecule has 5 nitrogen and oxygen atoms in total. The van der Waals surface area contributed by atoms with E-state index in [-0.39, 0.29) is 0 Å². The number of fused-ring (bicyclic) bond motifs is 9. The molecule has 0 aliphatic heterocycles. The first-order valence-corrected chi connectivity index (χ1v) is 20.9. The van der Waals surface area contributed by atoms with Crippen LogP contribution < -0.4 is 0 Å². The van der Waals surface area contributed by atoms with Gasteiger partial charge in [0.1, 0.15) is 11.2 Å². The highest BCUT2D eigenvalue weighted by molar-refractivity contribution is 6.16. The molecule has 0 saturated carbocycles. The number of rotatable bonds is 5. The van der Waals surface area contributed by atoms with Crippen LogP contribution in [0.3, 0.4) is 0 Å². The minimum atomic E-state index is 0.585. The Labute approximate surface area is 355 Å². The molecule has 5 heteroatoms. The van der Waals surface area contributed by atoms with E-state index in [9.17, 15) is 0 Å². The zero-order chi connectivity index (χ0) is 40.7. The van der Waals surface area contributed by atoms with Crippen LogP contribution in [0.15, 0.2) is 211 Å². The molecular formula is C57H34N4O. The van der Waals surface area contributed by atoms with Crippen molar-refractivity contribution < 1.29 is 4.42 Å². The van der Waals surface area contributed by atoms with Gasteiger partial charge in [-0.15, -0.1) is 0 Å². The predicted octanol–water partition coefficient (Wildman–Crippen LogP) is 15.0. The Kier molecular flexibility index (Phi) is 7.54. The molecule has 3 heterocycles. The average Bonchev–Trinajstić information content (AvgIpc) is 3.87. The van der Waals surface area contributed by atoms with E-state index in [0.717, 1.165) is 66.1 Å². The van der Waals surface area contributed by atoms with Crippen molar-refractivity contribution in [2.45, 2.75) is 0 Å². The minimum Gasteiger partial charge on any atom is -0.456 e. The summed E-state index contributed by atoms with van der Waals surface area (Å²) >= 11 is 0. The van der Waals surface area contributed by atoms with Crippen LogP contribution >= 0.6 is 0 Å². The van der Waals surface area contributed by atoms with Gasteiger partial charge < -0.3 is 8.98 Å². The van der Waals surface area contributed by atoms with Crippen molar-refractivity contribution in [3.63, 3.8) is 0 Å². The number of benzene rings is 10. The molecule has 0 atom stereocenters. The monoisotopic (exact) mass is 790 g/mol. The third-order valence-corrected chi connectivity index (χ3v) is 12.4. The molecule has 0 aliphatic carbocycles. The first-order valence-electron chi connectivity index (χ1n) is 20.9. The molecule has 62 heavy (non-hydrogen) atoms. The summed E-state index contributed by atoms with van der Waals surface area (Å²) in [5.41, 5.74) is 10.0. The van der Waals surface area contributed by atoms with E-state index >= 15 is 0 Å². The van der Waals surface area contributed by atoms with Crippen molar-refractivity contribution >= 4 is 76.1 Å². The maximum absolute atomic E-state index is 6.63. The molecule has 0 N–H and O–H groups in total. The Morgan fingerprint density at radius 2 is 0.903 bits per heavy atom. The topological polar surface area (TPSA) is 56.7 Å². The predicted molar refractivity (Wildman–Crippen MR) is 256 cm³/mol. The molecule has 0 saturated heterocycles. The van der Waals surface area contributed by atoms with Crippen molar-refractivity contribution in [3.8, 4) is 51.0 Å². The lowest BCUT2D eigenvalue weighted by molar-refractivity contribution is 0.669. The van der Waals surface area contributed by atoms with E-state index in [1.54, 1.807) is 0 Å². The number of aromatic nitrogens is 4. The summed E-state index contributed by atoms with van der Waals surface area (Å²) in [6.07, 6.45) is 0. The van der Waals surface area contributed by atoms with E-state index in [1.807, 2.05) is 12.1 Å². The van der Waals surface area contributed by atoms with E-state index in [4.69, 9.17) is 19.4 Å². The summed E-state index contributed by atoms with van der Waals surface area (Å²) in [5.74, 6) is 1.81. The van der Waals surface area contributed by atoms with Crippen molar-refractivity contribution in [2.24, 2.45) is 0 Å². The van der Waals surface area contributed by atoms with E-state index in [1.165, 1.54) is 43.4 Å². The van der Waals surface area contributed by atoms with Crippen LogP contribution in [0.2, 0.25) is 0 Å². The lowest BCUT2D eigenvalue weighted by Gasteiger charge is -2.11. The fourth-order valence-corrected chi connectivity index (χ4v) is 9.35. The summed E-state index contributed by atoms with van der Waals surface area (Å²) < 4.78 is 9.02. The molecule has 13 aromatic rings. The summed E-state index contributed by atoms with van der Waals surface area (Å²) in [7, 11) is 0. The summed E-state index contributed by atoms with van der Waals surface area (Å²) in [5, 5.41) is 11.4. The quantitative estimate of drug-likeness (QED) is 0.174. The summed E-state index contributed by atoms with van der Waals surface area (Å²) in [6.45, 7) is 0. The van der Waals surface area contributed by atoms with Gasteiger partial charge in [0.15, 0.2) is 17.5 Å². The van der Waals surface area contributed by atoms with Crippen LogP contribution in [-0.4, -0.2) is 19.5 Å². The van der Waals surface area contributed by atoms with Crippen LogP contribution in [0.4, 0.5) is 0 Å². The van der Waals surface area contributed by atoms with Gasteiger partial charge in [-0.3, -0.25) is 0 Å². The van der Waals surface area contributed by atoms with Gasteiger partial charge in [0, 0.05) is 43.9 Å². The van der Waals surface area contributed by atoms with Gasteiger partial charge in [-0.2, -0.15) is 0 Å². The highest BCUT2D eigenvalue weighted by atomic mass is 16.3. The first kappa shape index (κ1) is 34.5. The molecule has 288 valence electrons. The molecule has 0 bridgehead atoms. The second-order valence-electron chi connectivity index (χ2n) is 16.0. The van der Waals surface area contributed by atoms with Gasteiger partial charge in [-0.25, -0.2) is 15.0 Å². The number of furan rings is 1. The Morgan fingerprint density at radius 3 is 1.60 bits per heavy atom. The molecule has 0 fully saturated rings. The lowest BCUT2D eigenvalue weighted by Crippen LogP contribution is -2.00. The third kappa shape index (κ3) is 5.52. The summed E-state index contributed by atoms with van der Waals surface area (Å²) in [4.78, 5) is 15.7. The maximum atomic E-state index is 6.63. The molecule has 0 spiro atoms. The van der Waals surface area contributed by atoms with Crippen LogP contribution in [0.1, 0.15) is 0 Å². The number of nitrogens with zero attached hydrogens (tertiary/aromatic N) is 4. The van der Waals surface area contributed by atoms with Crippen molar-refractivity contribution in [2.75, 3.05) is 0 Å². The number of hydrogen-bond donors (Lipinski definition) is 0.